The van der Waals surface area contributed by atoms with Crippen molar-refractivity contribution in [1.82, 2.24) is 9.97 Å². The van der Waals surface area contributed by atoms with Crippen LogP contribution < -0.4 is 10.2 Å². The molecule has 0 unspecified atom stereocenters. The lowest BCUT2D eigenvalue weighted by Crippen LogP contribution is -2.29. The number of para-hydroxylation sites is 2. The highest BCUT2D eigenvalue weighted by atomic mass is 16.2. The summed E-state index contributed by atoms with van der Waals surface area (Å²) in [5.74, 6) is -0.168. The van der Waals surface area contributed by atoms with Crippen molar-refractivity contribution in [2.75, 3.05) is 10.2 Å². The predicted molar refractivity (Wildman–Crippen MR) is 117 cm³/mol. The zero-order chi connectivity index (χ0) is 21.4. The lowest BCUT2D eigenvalue weighted by atomic mass is 10.1. The summed E-state index contributed by atoms with van der Waals surface area (Å²) in [5, 5.41) is 2.83. The maximum absolute atomic E-state index is 12.7. The van der Waals surface area contributed by atoms with Gasteiger partial charge in [0.1, 0.15) is 5.82 Å². The van der Waals surface area contributed by atoms with Crippen LogP contribution >= 0.6 is 0 Å². The summed E-state index contributed by atoms with van der Waals surface area (Å²) in [6, 6.07) is 21.2. The third kappa shape index (κ3) is 3.46. The van der Waals surface area contributed by atoms with Gasteiger partial charge in [-0.25, -0.2) is 9.88 Å². The molecule has 31 heavy (non-hydrogen) atoms. The Labute approximate surface area is 177 Å². The van der Waals surface area contributed by atoms with Crippen LogP contribution in [0.4, 0.5) is 11.4 Å². The van der Waals surface area contributed by atoms with Gasteiger partial charge in [-0.3, -0.25) is 14.4 Å². The average molecular weight is 410 g/mol. The maximum Gasteiger partial charge on any atom is 0.266 e. The zero-order valence-electron chi connectivity index (χ0n) is 16.5. The predicted octanol–water partition coefficient (Wildman–Crippen LogP) is 3.93. The number of imidazole rings is 1. The standard InChI is InChI=1S/C24H18N4O3/c29-22(13-12-21-26-19-10-3-4-11-20(19)27-21)25-15-6-5-7-16(14-15)28-23(30)17-8-1-2-9-18(17)24(28)31/h1-11,14H,12-13H2,(H,25,29)(H,26,27). The third-order valence-electron chi connectivity index (χ3n) is 5.21. The third-order valence-corrected chi connectivity index (χ3v) is 5.21. The van der Waals surface area contributed by atoms with Crippen molar-refractivity contribution in [3.8, 4) is 0 Å². The van der Waals surface area contributed by atoms with E-state index in [1.54, 1.807) is 48.5 Å². The fourth-order valence-electron chi connectivity index (χ4n) is 3.73. The molecule has 0 saturated carbocycles. The SMILES string of the molecule is O=C(CCc1nc2ccccc2[nH]1)Nc1cccc(N2C(=O)c3ccccc3C2=O)c1. The molecule has 7 heteroatoms. The monoisotopic (exact) mass is 410 g/mol. The second-order valence-corrected chi connectivity index (χ2v) is 7.29. The van der Waals surface area contributed by atoms with Crippen molar-refractivity contribution in [2.24, 2.45) is 0 Å². The lowest BCUT2D eigenvalue weighted by Gasteiger charge is -2.15. The van der Waals surface area contributed by atoms with Crippen LogP contribution in [-0.4, -0.2) is 27.7 Å². The topological polar surface area (TPSA) is 95.2 Å². The molecule has 0 aliphatic carbocycles. The van der Waals surface area contributed by atoms with Gasteiger partial charge in [-0.1, -0.05) is 30.3 Å². The molecule has 2 heterocycles. The van der Waals surface area contributed by atoms with Gasteiger partial charge in [0.25, 0.3) is 11.8 Å². The second kappa shape index (κ2) is 7.53. The van der Waals surface area contributed by atoms with Crippen LogP contribution in [0.5, 0.6) is 0 Å². The van der Waals surface area contributed by atoms with Gasteiger partial charge in [-0.2, -0.15) is 0 Å². The van der Waals surface area contributed by atoms with Gasteiger partial charge in [-0.15, -0.1) is 0 Å². The van der Waals surface area contributed by atoms with Gasteiger partial charge in [0.2, 0.25) is 5.91 Å². The largest absolute Gasteiger partial charge is 0.342 e. The number of H-pyrrole nitrogens is 1. The Kier molecular flexibility index (Phi) is 4.55. The van der Waals surface area contributed by atoms with Gasteiger partial charge >= 0.3 is 0 Å². The number of hydrogen-bond donors (Lipinski definition) is 2. The number of carbonyl (C=O) groups is 3. The molecule has 1 aliphatic rings. The number of anilines is 2. The van der Waals surface area contributed by atoms with Crippen molar-refractivity contribution in [1.29, 1.82) is 0 Å². The molecule has 152 valence electrons. The average Bonchev–Trinajstić information content (AvgIpc) is 3.31. The Bertz CT molecular complexity index is 1270. The van der Waals surface area contributed by atoms with Gasteiger partial charge in [0.05, 0.1) is 27.8 Å². The van der Waals surface area contributed by atoms with Crippen molar-refractivity contribution in [3.05, 3.63) is 89.7 Å². The first-order valence-corrected chi connectivity index (χ1v) is 9.91. The summed E-state index contributed by atoms with van der Waals surface area (Å²) in [7, 11) is 0. The summed E-state index contributed by atoms with van der Waals surface area (Å²) in [4.78, 5) is 46.6. The highest BCUT2D eigenvalue weighted by Gasteiger charge is 2.36. The summed E-state index contributed by atoms with van der Waals surface area (Å²) < 4.78 is 0. The highest BCUT2D eigenvalue weighted by molar-refractivity contribution is 6.34. The first-order valence-electron chi connectivity index (χ1n) is 9.91. The first kappa shape index (κ1) is 18.7. The van der Waals surface area contributed by atoms with Crippen LogP contribution in [0.3, 0.4) is 0 Å². The van der Waals surface area contributed by atoms with Crippen LogP contribution in [-0.2, 0) is 11.2 Å². The van der Waals surface area contributed by atoms with E-state index in [-0.39, 0.29) is 24.1 Å². The number of aryl methyl sites for hydroxylation is 1. The quantitative estimate of drug-likeness (QED) is 0.487. The molecule has 2 N–H and O–H groups in total. The molecular formula is C24H18N4O3. The van der Waals surface area contributed by atoms with Gasteiger partial charge in [0, 0.05) is 18.5 Å². The fraction of sp³-hybridized carbons (Fsp3) is 0.0833. The van der Waals surface area contributed by atoms with Crippen LogP contribution in [0.1, 0.15) is 33.0 Å². The first-order chi connectivity index (χ1) is 15.1. The summed E-state index contributed by atoms with van der Waals surface area (Å²) >= 11 is 0. The molecular weight excluding hydrogens is 392 g/mol. The zero-order valence-corrected chi connectivity index (χ0v) is 16.5. The number of rotatable bonds is 5. The van der Waals surface area contributed by atoms with Crippen molar-refractivity contribution < 1.29 is 14.4 Å². The minimum atomic E-state index is -0.367. The molecule has 0 radical (unpaired) electrons. The number of imide groups is 1. The summed E-state index contributed by atoms with van der Waals surface area (Å²) in [5.41, 5.74) is 3.50. The molecule has 5 rings (SSSR count). The number of nitrogens with zero attached hydrogens (tertiary/aromatic N) is 2. The molecule has 7 nitrogen and oxygen atoms in total. The van der Waals surface area contributed by atoms with E-state index < -0.39 is 0 Å². The van der Waals surface area contributed by atoms with Crippen LogP contribution in [0, 0.1) is 0 Å². The number of aromatic nitrogens is 2. The normalized spacial score (nSPS) is 13.0. The lowest BCUT2D eigenvalue weighted by molar-refractivity contribution is -0.116. The molecule has 4 aromatic rings. The Balaban J connectivity index is 1.28. The molecule has 0 saturated heterocycles. The van der Waals surface area contributed by atoms with E-state index in [4.69, 9.17) is 0 Å². The van der Waals surface area contributed by atoms with Crippen LogP contribution in [0.25, 0.3) is 11.0 Å². The molecule has 1 aromatic heterocycles. The number of fused-ring (bicyclic) bond motifs is 2. The number of nitrogens with one attached hydrogen (secondary N) is 2. The molecule has 1 aliphatic heterocycles. The van der Waals surface area contributed by atoms with Crippen molar-refractivity contribution in [2.45, 2.75) is 12.8 Å². The number of aromatic amines is 1. The van der Waals surface area contributed by atoms with E-state index in [9.17, 15) is 14.4 Å². The van der Waals surface area contributed by atoms with Crippen LogP contribution in [0.15, 0.2) is 72.8 Å². The van der Waals surface area contributed by atoms with E-state index >= 15 is 0 Å². The minimum absolute atomic E-state index is 0.181. The number of carbonyl (C=O) groups excluding carboxylic acids is 3. The van der Waals surface area contributed by atoms with E-state index in [1.807, 2.05) is 24.3 Å². The van der Waals surface area contributed by atoms with E-state index in [0.717, 1.165) is 21.8 Å². The highest BCUT2D eigenvalue weighted by Crippen LogP contribution is 2.29. The maximum atomic E-state index is 12.7. The summed E-state index contributed by atoms with van der Waals surface area (Å²) in [6.07, 6.45) is 0.718. The van der Waals surface area contributed by atoms with E-state index in [1.165, 1.54) is 0 Å². The molecule has 0 bridgehead atoms. The molecule has 0 atom stereocenters. The number of amides is 3. The Morgan fingerprint density at radius 2 is 1.61 bits per heavy atom. The Hall–Kier alpha value is -4.26. The molecule has 0 fully saturated rings. The van der Waals surface area contributed by atoms with Gasteiger partial charge in [0.15, 0.2) is 0 Å². The fourth-order valence-corrected chi connectivity index (χ4v) is 3.73. The molecule has 3 aromatic carbocycles. The van der Waals surface area contributed by atoms with Gasteiger partial charge in [-0.05, 0) is 42.5 Å². The van der Waals surface area contributed by atoms with Crippen molar-refractivity contribution in [3.63, 3.8) is 0 Å². The number of benzene rings is 3. The van der Waals surface area contributed by atoms with Crippen LogP contribution in [0.2, 0.25) is 0 Å². The smallest absolute Gasteiger partial charge is 0.266 e. The molecule has 0 spiro atoms. The summed E-state index contributed by atoms with van der Waals surface area (Å²) in [6.45, 7) is 0. The second-order valence-electron chi connectivity index (χ2n) is 7.29. The Morgan fingerprint density at radius 3 is 2.35 bits per heavy atom. The minimum Gasteiger partial charge on any atom is -0.342 e. The number of hydrogen-bond acceptors (Lipinski definition) is 4. The van der Waals surface area contributed by atoms with E-state index in [2.05, 4.69) is 15.3 Å². The van der Waals surface area contributed by atoms with E-state index in [0.29, 0.717) is 28.9 Å². The van der Waals surface area contributed by atoms with Crippen molar-refractivity contribution >= 4 is 40.1 Å². The van der Waals surface area contributed by atoms with Gasteiger partial charge < -0.3 is 10.3 Å². The Morgan fingerprint density at radius 1 is 0.903 bits per heavy atom. The molecule has 3 amide bonds.